The molecule has 0 spiro atoms. The van der Waals surface area contributed by atoms with Gasteiger partial charge in [0.05, 0.1) is 4.90 Å². The predicted octanol–water partition coefficient (Wildman–Crippen LogP) is 5.08. The molecule has 0 aliphatic carbocycles. The van der Waals surface area contributed by atoms with Gasteiger partial charge in [-0.15, -0.1) is 0 Å². The van der Waals surface area contributed by atoms with E-state index in [9.17, 15) is 18.1 Å². The van der Waals surface area contributed by atoms with E-state index < -0.39 is 14.7 Å². The lowest BCUT2D eigenvalue weighted by Gasteiger charge is -2.02. The van der Waals surface area contributed by atoms with Gasteiger partial charge in [0.1, 0.15) is 23.4 Å². The third-order valence-corrected chi connectivity index (χ3v) is 5.49. The fourth-order valence-corrected chi connectivity index (χ4v) is 3.51. The number of allylic oxidation sites excluding steroid dienone is 1. The first-order chi connectivity index (χ1) is 12.4. The topological polar surface area (TPSA) is 71.1 Å². The van der Waals surface area contributed by atoms with Crippen LogP contribution in [0.25, 0.3) is 17.4 Å². The average molecular weight is 388 g/mol. The summed E-state index contributed by atoms with van der Waals surface area (Å²) in [4.78, 5) is -0.500. The smallest absolute Gasteiger partial charge is 0.216 e. The van der Waals surface area contributed by atoms with E-state index in [-0.39, 0.29) is 16.5 Å². The maximum atomic E-state index is 13.0. The second-order valence-corrected chi connectivity index (χ2v) is 7.64. The Bertz CT molecular complexity index is 1110. The average Bonchev–Trinajstić information content (AvgIpc) is 3.09. The van der Waals surface area contributed by atoms with Gasteiger partial charge in [0.2, 0.25) is 9.84 Å². The van der Waals surface area contributed by atoms with Gasteiger partial charge < -0.3 is 4.42 Å². The molecular formula is C19H11ClFNO3S. The Morgan fingerprint density at radius 2 is 1.69 bits per heavy atom. The predicted molar refractivity (Wildman–Crippen MR) is 96.3 cm³/mol. The summed E-state index contributed by atoms with van der Waals surface area (Å²) >= 11 is 5.76. The van der Waals surface area contributed by atoms with Crippen LogP contribution in [0.5, 0.6) is 0 Å². The first kappa shape index (κ1) is 17.9. The van der Waals surface area contributed by atoms with Crippen LogP contribution in [0, 0.1) is 17.1 Å². The van der Waals surface area contributed by atoms with Crippen molar-refractivity contribution in [3.63, 3.8) is 0 Å². The van der Waals surface area contributed by atoms with Crippen LogP contribution < -0.4 is 0 Å². The molecule has 1 heterocycles. The van der Waals surface area contributed by atoms with Gasteiger partial charge in [-0.3, -0.25) is 0 Å². The van der Waals surface area contributed by atoms with Gasteiger partial charge in [0.15, 0.2) is 4.91 Å². The quantitative estimate of drug-likeness (QED) is 0.585. The lowest BCUT2D eigenvalue weighted by atomic mass is 10.2. The van der Waals surface area contributed by atoms with Gasteiger partial charge in [-0.1, -0.05) is 11.6 Å². The summed E-state index contributed by atoms with van der Waals surface area (Å²) in [5.74, 6) is 0.247. The van der Waals surface area contributed by atoms with Crippen molar-refractivity contribution < 1.29 is 17.2 Å². The summed E-state index contributed by atoms with van der Waals surface area (Å²) in [5, 5.41) is 9.68. The van der Waals surface area contributed by atoms with E-state index in [1.807, 2.05) is 0 Å². The molecule has 0 aliphatic rings. The van der Waals surface area contributed by atoms with Crippen LogP contribution in [0.1, 0.15) is 5.76 Å². The summed E-state index contributed by atoms with van der Waals surface area (Å²) in [7, 11) is -4.00. The number of sulfone groups is 1. The number of furan rings is 1. The normalized spacial score (nSPS) is 12.0. The molecule has 0 aliphatic heterocycles. The van der Waals surface area contributed by atoms with Gasteiger partial charge in [-0.2, -0.15) is 5.26 Å². The van der Waals surface area contributed by atoms with E-state index in [2.05, 4.69) is 0 Å². The Morgan fingerprint density at radius 3 is 2.31 bits per heavy atom. The minimum atomic E-state index is -4.00. The molecule has 0 fully saturated rings. The molecule has 3 aromatic rings. The molecule has 130 valence electrons. The van der Waals surface area contributed by atoms with Crippen molar-refractivity contribution in [3.8, 4) is 17.4 Å². The molecule has 26 heavy (non-hydrogen) atoms. The standard InChI is InChI=1S/C19H11ClFNO3S/c20-14-3-8-17(9-4-14)26(23,24)18(12-22)11-16-7-10-19(25-16)13-1-5-15(21)6-2-13/h1-11H. The van der Waals surface area contributed by atoms with Crippen molar-refractivity contribution in [1.82, 2.24) is 0 Å². The SMILES string of the molecule is N#CC(=Cc1ccc(-c2ccc(F)cc2)o1)S(=O)(=O)c1ccc(Cl)cc1. The Kier molecular flexibility index (Phi) is 4.94. The highest BCUT2D eigenvalue weighted by Crippen LogP contribution is 2.26. The summed E-state index contributed by atoms with van der Waals surface area (Å²) in [6, 6.07) is 16.0. The van der Waals surface area contributed by atoms with E-state index in [0.717, 1.165) is 6.08 Å². The van der Waals surface area contributed by atoms with Crippen molar-refractivity contribution in [3.05, 3.63) is 82.2 Å². The summed E-state index contributed by atoms with van der Waals surface area (Å²) < 4.78 is 43.7. The molecule has 0 radical (unpaired) electrons. The molecule has 0 N–H and O–H groups in total. The lowest BCUT2D eigenvalue weighted by molar-refractivity contribution is 0.570. The second-order valence-electron chi connectivity index (χ2n) is 5.29. The summed E-state index contributed by atoms with van der Waals surface area (Å²) in [5.41, 5.74) is 0.630. The maximum absolute atomic E-state index is 13.0. The zero-order valence-corrected chi connectivity index (χ0v) is 14.8. The molecule has 2 aromatic carbocycles. The van der Waals surface area contributed by atoms with Gasteiger partial charge in [0, 0.05) is 16.7 Å². The monoisotopic (exact) mass is 387 g/mol. The minimum absolute atomic E-state index is 0.0417. The number of nitrogens with zero attached hydrogens (tertiary/aromatic N) is 1. The number of halogens is 2. The zero-order chi connectivity index (χ0) is 18.7. The van der Waals surface area contributed by atoms with Crippen LogP contribution >= 0.6 is 11.6 Å². The molecule has 7 heteroatoms. The van der Waals surface area contributed by atoms with Gasteiger partial charge in [-0.25, -0.2) is 12.8 Å². The Balaban J connectivity index is 1.96. The van der Waals surface area contributed by atoms with Crippen LogP contribution in [-0.2, 0) is 9.84 Å². The highest BCUT2D eigenvalue weighted by atomic mass is 35.5. The van der Waals surface area contributed by atoms with Crippen molar-refractivity contribution in [2.45, 2.75) is 4.90 Å². The third-order valence-electron chi connectivity index (χ3n) is 3.55. The first-order valence-electron chi connectivity index (χ1n) is 7.38. The zero-order valence-electron chi connectivity index (χ0n) is 13.2. The number of benzene rings is 2. The molecule has 0 atom stereocenters. The molecule has 4 nitrogen and oxygen atoms in total. The number of rotatable bonds is 4. The van der Waals surface area contributed by atoms with Gasteiger partial charge in [0.25, 0.3) is 0 Å². The third kappa shape index (κ3) is 3.69. The fourth-order valence-electron chi connectivity index (χ4n) is 2.24. The van der Waals surface area contributed by atoms with Crippen LogP contribution in [0.2, 0.25) is 5.02 Å². The van der Waals surface area contributed by atoms with E-state index in [4.69, 9.17) is 16.0 Å². The van der Waals surface area contributed by atoms with E-state index in [0.29, 0.717) is 16.3 Å². The fraction of sp³-hybridized carbons (Fsp3) is 0. The van der Waals surface area contributed by atoms with E-state index in [1.54, 1.807) is 12.1 Å². The lowest BCUT2D eigenvalue weighted by Crippen LogP contribution is -2.03. The van der Waals surface area contributed by atoms with Crippen LogP contribution in [-0.4, -0.2) is 8.42 Å². The second kappa shape index (κ2) is 7.16. The maximum Gasteiger partial charge on any atom is 0.216 e. The molecule has 0 saturated heterocycles. The Morgan fingerprint density at radius 1 is 1.04 bits per heavy atom. The van der Waals surface area contributed by atoms with Crippen LogP contribution in [0.3, 0.4) is 0 Å². The number of hydrogen-bond acceptors (Lipinski definition) is 4. The highest BCUT2D eigenvalue weighted by molar-refractivity contribution is 7.95. The highest BCUT2D eigenvalue weighted by Gasteiger charge is 2.21. The van der Waals surface area contributed by atoms with Crippen molar-refractivity contribution in [1.29, 1.82) is 5.26 Å². The largest absolute Gasteiger partial charge is 0.457 e. The first-order valence-corrected chi connectivity index (χ1v) is 9.24. The Labute approximate surface area is 154 Å². The van der Waals surface area contributed by atoms with Crippen molar-refractivity contribution >= 4 is 27.5 Å². The van der Waals surface area contributed by atoms with E-state index >= 15 is 0 Å². The van der Waals surface area contributed by atoms with E-state index in [1.165, 1.54) is 54.6 Å². The molecule has 0 amide bonds. The van der Waals surface area contributed by atoms with Gasteiger partial charge in [-0.05, 0) is 60.7 Å². The Hall–Kier alpha value is -2.88. The summed E-state index contributed by atoms with van der Waals surface area (Å²) in [6.45, 7) is 0. The molecule has 1 aromatic heterocycles. The van der Waals surface area contributed by atoms with Crippen LogP contribution in [0.15, 0.2) is 74.9 Å². The molecule has 0 saturated carbocycles. The molecular weight excluding hydrogens is 377 g/mol. The van der Waals surface area contributed by atoms with Crippen LogP contribution in [0.4, 0.5) is 4.39 Å². The molecule has 0 bridgehead atoms. The van der Waals surface area contributed by atoms with Crippen molar-refractivity contribution in [2.24, 2.45) is 0 Å². The number of nitriles is 1. The summed E-state index contributed by atoms with van der Waals surface area (Å²) in [6.07, 6.45) is 1.15. The van der Waals surface area contributed by atoms with Crippen molar-refractivity contribution in [2.75, 3.05) is 0 Å². The molecule has 0 unspecified atom stereocenters. The minimum Gasteiger partial charge on any atom is -0.457 e. The van der Waals surface area contributed by atoms with Gasteiger partial charge >= 0.3 is 0 Å². The number of hydrogen-bond donors (Lipinski definition) is 0. The molecule has 3 rings (SSSR count).